The molecule has 2 heterocycles. The Bertz CT molecular complexity index is 574. The Morgan fingerprint density at radius 2 is 2.05 bits per heavy atom. The molecule has 6 heteroatoms. The molecule has 122 valence electrons. The van der Waals surface area contributed by atoms with Crippen LogP contribution < -0.4 is 15.6 Å². The Hall–Kier alpha value is -1.98. The van der Waals surface area contributed by atoms with Crippen molar-refractivity contribution < 1.29 is 9.53 Å². The number of nitrogens with one attached hydrogen (secondary N) is 1. The third-order valence-electron chi connectivity index (χ3n) is 4.03. The monoisotopic (exact) mass is 307 g/mol. The molecule has 0 unspecified atom stereocenters. The summed E-state index contributed by atoms with van der Waals surface area (Å²) < 4.78 is 7.50. The van der Waals surface area contributed by atoms with E-state index in [9.17, 15) is 9.59 Å². The second-order valence-corrected chi connectivity index (χ2v) is 5.77. The van der Waals surface area contributed by atoms with E-state index in [-0.39, 0.29) is 17.7 Å². The van der Waals surface area contributed by atoms with Gasteiger partial charge in [-0.2, -0.15) is 0 Å². The van der Waals surface area contributed by atoms with Gasteiger partial charge in [-0.25, -0.2) is 4.79 Å². The Balaban J connectivity index is 1.87. The van der Waals surface area contributed by atoms with Crippen molar-refractivity contribution in [1.29, 1.82) is 0 Å². The maximum absolute atomic E-state index is 11.9. The number of nitrogens with zero attached hydrogens (tertiary/aromatic N) is 2. The first-order valence-corrected chi connectivity index (χ1v) is 7.88. The number of aromatic nitrogens is 1. The quantitative estimate of drug-likeness (QED) is 0.920. The molecule has 0 bridgehead atoms. The molecule has 0 atom stereocenters. The fraction of sp³-hybridized carbons (Fsp3) is 0.625. The molecule has 2 rings (SSSR count). The molecule has 0 aromatic carbocycles. The first-order valence-electron chi connectivity index (χ1n) is 7.88. The summed E-state index contributed by atoms with van der Waals surface area (Å²) in [4.78, 5) is 25.5. The molecule has 1 aliphatic heterocycles. The standard InChI is InChI=1S/C16H25N3O3/c1-4-7-17-16(21)19-8-5-13(6-9-19)22-14-10-12(2)18(3)15(20)11-14/h10-11,13H,4-9H2,1-3H3,(H,17,21). The summed E-state index contributed by atoms with van der Waals surface area (Å²) in [5, 5.41) is 2.89. The fourth-order valence-electron chi connectivity index (χ4n) is 2.52. The third-order valence-corrected chi connectivity index (χ3v) is 4.03. The molecular formula is C16H25N3O3. The van der Waals surface area contributed by atoms with E-state index >= 15 is 0 Å². The smallest absolute Gasteiger partial charge is 0.317 e. The van der Waals surface area contributed by atoms with Crippen LogP contribution in [0.1, 0.15) is 31.9 Å². The number of hydrogen-bond acceptors (Lipinski definition) is 3. The molecule has 1 fully saturated rings. The fourth-order valence-corrected chi connectivity index (χ4v) is 2.52. The molecular weight excluding hydrogens is 282 g/mol. The van der Waals surface area contributed by atoms with E-state index in [4.69, 9.17) is 4.74 Å². The normalized spacial score (nSPS) is 15.7. The molecule has 1 aliphatic rings. The average molecular weight is 307 g/mol. The molecule has 2 amide bonds. The van der Waals surface area contributed by atoms with E-state index in [2.05, 4.69) is 5.32 Å². The Morgan fingerprint density at radius 3 is 2.64 bits per heavy atom. The van der Waals surface area contributed by atoms with Crippen LogP contribution in [-0.2, 0) is 7.05 Å². The van der Waals surface area contributed by atoms with Gasteiger partial charge in [-0.05, 0) is 19.4 Å². The molecule has 1 aromatic heterocycles. The van der Waals surface area contributed by atoms with Crippen LogP contribution in [0.2, 0.25) is 0 Å². The lowest BCUT2D eigenvalue weighted by Crippen LogP contribution is -2.46. The first kappa shape index (κ1) is 16.4. The zero-order valence-electron chi connectivity index (χ0n) is 13.6. The highest BCUT2D eigenvalue weighted by Gasteiger charge is 2.23. The van der Waals surface area contributed by atoms with Crippen molar-refractivity contribution in [3.8, 4) is 5.75 Å². The SMILES string of the molecule is CCCNC(=O)N1CCC(Oc2cc(C)n(C)c(=O)c2)CC1. The van der Waals surface area contributed by atoms with Gasteiger partial charge in [0, 0.05) is 51.3 Å². The zero-order chi connectivity index (χ0) is 16.1. The Kier molecular flexibility index (Phi) is 5.46. The summed E-state index contributed by atoms with van der Waals surface area (Å²) in [6.07, 6.45) is 2.57. The number of piperidine rings is 1. The van der Waals surface area contributed by atoms with Gasteiger partial charge in [-0.15, -0.1) is 0 Å². The van der Waals surface area contributed by atoms with Crippen LogP contribution in [0, 0.1) is 6.92 Å². The number of carbonyl (C=O) groups excluding carboxylic acids is 1. The third kappa shape index (κ3) is 4.02. The number of likely N-dealkylation sites (tertiary alicyclic amines) is 1. The first-order chi connectivity index (χ1) is 10.5. The zero-order valence-corrected chi connectivity index (χ0v) is 13.6. The lowest BCUT2D eigenvalue weighted by molar-refractivity contribution is 0.111. The van der Waals surface area contributed by atoms with Gasteiger partial charge < -0.3 is 19.5 Å². The van der Waals surface area contributed by atoms with Gasteiger partial charge in [-0.3, -0.25) is 4.79 Å². The van der Waals surface area contributed by atoms with Crippen LogP contribution >= 0.6 is 0 Å². The van der Waals surface area contributed by atoms with Gasteiger partial charge in [0.2, 0.25) is 0 Å². The van der Waals surface area contributed by atoms with E-state index in [1.54, 1.807) is 11.6 Å². The molecule has 1 N–H and O–H groups in total. The highest BCUT2D eigenvalue weighted by Crippen LogP contribution is 2.18. The van der Waals surface area contributed by atoms with Crippen molar-refractivity contribution in [2.45, 2.75) is 39.2 Å². The largest absolute Gasteiger partial charge is 0.490 e. The minimum Gasteiger partial charge on any atom is -0.490 e. The summed E-state index contributed by atoms with van der Waals surface area (Å²) >= 11 is 0. The number of pyridine rings is 1. The molecule has 22 heavy (non-hydrogen) atoms. The minimum atomic E-state index is -0.0635. The van der Waals surface area contributed by atoms with E-state index < -0.39 is 0 Å². The Labute approximate surface area is 131 Å². The van der Waals surface area contributed by atoms with Gasteiger partial charge in [0.05, 0.1) is 0 Å². The summed E-state index contributed by atoms with van der Waals surface area (Å²) in [5.41, 5.74) is 0.810. The number of hydrogen-bond donors (Lipinski definition) is 1. The van der Waals surface area contributed by atoms with Crippen molar-refractivity contribution in [3.63, 3.8) is 0 Å². The topological polar surface area (TPSA) is 63.6 Å². The van der Waals surface area contributed by atoms with Crippen molar-refractivity contribution in [1.82, 2.24) is 14.8 Å². The van der Waals surface area contributed by atoms with Gasteiger partial charge in [-0.1, -0.05) is 6.92 Å². The number of urea groups is 1. The average Bonchev–Trinajstić information content (AvgIpc) is 2.51. The summed E-state index contributed by atoms with van der Waals surface area (Å²) in [6, 6.07) is 3.40. The van der Waals surface area contributed by atoms with Crippen molar-refractivity contribution in [2.24, 2.45) is 7.05 Å². The predicted molar refractivity (Wildman–Crippen MR) is 85.3 cm³/mol. The summed E-state index contributed by atoms with van der Waals surface area (Å²) in [7, 11) is 1.74. The van der Waals surface area contributed by atoms with Crippen LogP contribution in [0.4, 0.5) is 4.79 Å². The highest BCUT2D eigenvalue weighted by atomic mass is 16.5. The predicted octanol–water partition coefficient (Wildman–Crippen LogP) is 1.66. The number of aryl methyl sites for hydroxylation is 1. The van der Waals surface area contributed by atoms with Gasteiger partial charge in [0.15, 0.2) is 0 Å². The maximum Gasteiger partial charge on any atom is 0.317 e. The Morgan fingerprint density at radius 1 is 1.36 bits per heavy atom. The van der Waals surface area contributed by atoms with Crippen molar-refractivity contribution in [3.05, 3.63) is 28.2 Å². The molecule has 0 radical (unpaired) electrons. The molecule has 1 aromatic rings. The van der Waals surface area contributed by atoms with Crippen LogP contribution in [-0.4, -0.2) is 41.2 Å². The van der Waals surface area contributed by atoms with E-state index in [1.807, 2.05) is 24.8 Å². The van der Waals surface area contributed by atoms with Crippen LogP contribution in [0.25, 0.3) is 0 Å². The van der Waals surface area contributed by atoms with Crippen molar-refractivity contribution in [2.75, 3.05) is 19.6 Å². The minimum absolute atomic E-state index is 0.00437. The van der Waals surface area contributed by atoms with E-state index in [1.165, 1.54) is 6.07 Å². The molecule has 1 saturated heterocycles. The molecule has 6 nitrogen and oxygen atoms in total. The number of ether oxygens (including phenoxy) is 1. The van der Waals surface area contributed by atoms with Gasteiger partial charge >= 0.3 is 6.03 Å². The lowest BCUT2D eigenvalue weighted by atomic mass is 10.1. The highest BCUT2D eigenvalue weighted by molar-refractivity contribution is 5.74. The second kappa shape index (κ2) is 7.33. The summed E-state index contributed by atoms with van der Waals surface area (Å²) in [6.45, 7) is 6.00. The van der Waals surface area contributed by atoms with Crippen LogP contribution in [0.5, 0.6) is 5.75 Å². The number of carbonyl (C=O) groups is 1. The van der Waals surface area contributed by atoms with E-state index in [0.717, 1.165) is 25.0 Å². The summed E-state index contributed by atoms with van der Waals surface area (Å²) in [5.74, 6) is 0.620. The lowest BCUT2D eigenvalue weighted by Gasteiger charge is -2.32. The van der Waals surface area contributed by atoms with Crippen molar-refractivity contribution >= 4 is 6.03 Å². The number of amides is 2. The molecule has 0 spiro atoms. The molecule has 0 saturated carbocycles. The van der Waals surface area contributed by atoms with Gasteiger partial charge in [0.1, 0.15) is 11.9 Å². The van der Waals surface area contributed by atoms with E-state index in [0.29, 0.717) is 25.4 Å². The maximum atomic E-state index is 11.9. The van der Waals surface area contributed by atoms with Gasteiger partial charge in [0.25, 0.3) is 5.56 Å². The van der Waals surface area contributed by atoms with Crippen LogP contribution in [0.3, 0.4) is 0 Å². The second-order valence-electron chi connectivity index (χ2n) is 5.77. The van der Waals surface area contributed by atoms with Crippen LogP contribution in [0.15, 0.2) is 16.9 Å². The molecule has 0 aliphatic carbocycles. The number of rotatable bonds is 4.